The predicted octanol–water partition coefficient (Wildman–Crippen LogP) is 4.91. The average Bonchev–Trinajstić information content (AvgIpc) is 2.79. The molecule has 4 rings (SSSR count). The first-order valence-corrected chi connectivity index (χ1v) is 9.08. The number of fused-ring (bicyclic) bond motifs is 1. The van der Waals surface area contributed by atoms with Gasteiger partial charge in [-0.05, 0) is 35.7 Å². The lowest BCUT2D eigenvalue weighted by Gasteiger charge is -2.10. The molecule has 3 aromatic carbocycles. The lowest BCUT2D eigenvalue weighted by atomic mass is 10.1. The van der Waals surface area contributed by atoms with Crippen molar-refractivity contribution in [2.24, 2.45) is 0 Å². The molecule has 154 valence electrons. The van der Waals surface area contributed by atoms with E-state index in [-0.39, 0.29) is 17.5 Å². The molecular formula is C22H15N3O6. The maximum absolute atomic E-state index is 11.8. The number of esters is 1. The molecule has 0 N–H and O–H groups in total. The Kier molecular flexibility index (Phi) is 5.39. The SMILES string of the molecule is COC(=O)c1ccc(Oc2ncnc(Oc3cccc4ccccc34)c2[N+](=O)[O-])cc1. The molecule has 0 fully saturated rings. The molecule has 0 saturated carbocycles. The van der Waals surface area contributed by atoms with Crippen LogP contribution in [-0.2, 0) is 4.74 Å². The molecule has 0 aliphatic carbocycles. The number of nitrogens with zero attached hydrogens (tertiary/aromatic N) is 3. The van der Waals surface area contributed by atoms with Gasteiger partial charge in [0.15, 0.2) is 0 Å². The number of nitro groups is 1. The Morgan fingerprint density at radius 2 is 1.58 bits per heavy atom. The van der Waals surface area contributed by atoms with Crippen LogP contribution in [0.2, 0.25) is 0 Å². The highest BCUT2D eigenvalue weighted by Gasteiger charge is 2.27. The highest BCUT2D eigenvalue weighted by Crippen LogP contribution is 2.39. The fraction of sp³-hybridized carbons (Fsp3) is 0.0455. The van der Waals surface area contributed by atoms with Crippen molar-refractivity contribution in [2.75, 3.05) is 7.11 Å². The largest absolute Gasteiger partial charge is 0.465 e. The van der Waals surface area contributed by atoms with E-state index in [1.807, 2.05) is 30.3 Å². The monoisotopic (exact) mass is 417 g/mol. The fourth-order valence-electron chi connectivity index (χ4n) is 2.93. The van der Waals surface area contributed by atoms with Gasteiger partial charge in [0.05, 0.1) is 17.6 Å². The highest BCUT2D eigenvalue weighted by molar-refractivity contribution is 5.89. The summed E-state index contributed by atoms with van der Waals surface area (Å²) in [6.45, 7) is 0. The Morgan fingerprint density at radius 3 is 2.29 bits per heavy atom. The molecule has 0 spiro atoms. The second kappa shape index (κ2) is 8.46. The van der Waals surface area contributed by atoms with Crippen LogP contribution < -0.4 is 9.47 Å². The minimum Gasteiger partial charge on any atom is -0.465 e. The van der Waals surface area contributed by atoms with Gasteiger partial charge in [0.25, 0.3) is 0 Å². The van der Waals surface area contributed by atoms with E-state index in [1.54, 1.807) is 12.1 Å². The fourth-order valence-corrected chi connectivity index (χ4v) is 2.93. The van der Waals surface area contributed by atoms with Crippen molar-refractivity contribution in [1.29, 1.82) is 0 Å². The van der Waals surface area contributed by atoms with Crippen LogP contribution >= 0.6 is 0 Å². The van der Waals surface area contributed by atoms with Gasteiger partial charge in [0.2, 0.25) is 0 Å². The third-order valence-electron chi connectivity index (χ3n) is 4.38. The van der Waals surface area contributed by atoms with Gasteiger partial charge in [-0.1, -0.05) is 36.4 Å². The van der Waals surface area contributed by atoms with Gasteiger partial charge in [-0.3, -0.25) is 10.1 Å². The van der Waals surface area contributed by atoms with Gasteiger partial charge in [-0.2, -0.15) is 9.97 Å². The van der Waals surface area contributed by atoms with E-state index in [0.717, 1.165) is 17.1 Å². The Labute approximate surface area is 176 Å². The Bertz CT molecular complexity index is 1270. The average molecular weight is 417 g/mol. The summed E-state index contributed by atoms with van der Waals surface area (Å²) in [6.07, 6.45) is 1.12. The first-order chi connectivity index (χ1) is 15.1. The van der Waals surface area contributed by atoms with Crippen LogP contribution in [0.25, 0.3) is 10.8 Å². The van der Waals surface area contributed by atoms with Crippen LogP contribution in [0, 0.1) is 10.1 Å². The maximum atomic E-state index is 11.8. The van der Waals surface area contributed by atoms with Crippen molar-refractivity contribution < 1.29 is 23.9 Å². The first kappa shape index (κ1) is 19.8. The summed E-state index contributed by atoms with van der Waals surface area (Å²) in [7, 11) is 1.27. The standard InChI is InChI=1S/C22H15N3O6/c1-29-22(26)15-9-11-16(12-10-15)30-20-19(25(27)28)21(24-13-23-20)31-18-8-4-6-14-5-2-3-7-17(14)18/h2-13H,1H3. The summed E-state index contributed by atoms with van der Waals surface area (Å²) in [5, 5.41) is 13.5. The molecule has 0 aliphatic rings. The molecule has 0 radical (unpaired) electrons. The van der Waals surface area contributed by atoms with E-state index in [4.69, 9.17) is 9.47 Å². The van der Waals surface area contributed by atoms with Crippen molar-refractivity contribution in [3.8, 4) is 23.3 Å². The molecule has 4 aromatic rings. The van der Waals surface area contributed by atoms with E-state index in [9.17, 15) is 14.9 Å². The van der Waals surface area contributed by atoms with Crippen LogP contribution in [-0.4, -0.2) is 28.0 Å². The molecule has 9 heteroatoms. The van der Waals surface area contributed by atoms with Gasteiger partial charge in [0, 0.05) is 5.39 Å². The van der Waals surface area contributed by atoms with Crippen LogP contribution in [0.1, 0.15) is 10.4 Å². The van der Waals surface area contributed by atoms with Crippen LogP contribution in [0.15, 0.2) is 73.1 Å². The number of carbonyl (C=O) groups is 1. The summed E-state index contributed by atoms with van der Waals surface area (Å²) in [5.41, 5.74) is -0.209. The Morgan fingerprint density at radius 1 is 0.903 bits per heavy atom. The minimum absolute atomic E-state index is 0.241. The Balaban J connectivity index is 1.68. The van der Waals surface area contributed by atoms with Crippen molar-refractivity contribution in [3.05, 3.63) is 88.7 Å². The number of aromatic nitrogens is 2. The van der Waals surface area contributed by atoms with Gasteiger partial charge >= 0.3 is 23.4 Å². The molecular weight excluding hydrogens is 402 g/mol. The smallest absolute Gasteiger partial charge is 0.393 e. The molecule has 1 aromatic heterocycles. The number of ether oxygens (including phenoxy) is 3. The zero-order chi connectivity index (χ0) is 21.8. The summed E-state index contributed by atoms with van der Waals surface area (Å²) >= 11 is 0. The maximum Gasteiger partial charge on any atom is 0.393 e. The molecule has 0 unspecified atom stereocenters. The molecule has 0 aliphatic heterocycles. The second-order valence-electron chi connectivity index (χ2n) is 6.29. The van der Waals surface area contributed by atoms with Gasteiger partial charge in [-0.25, -0.2) is 4.79 Å². The zero-order valence-corrected chi connectivity index (χ0v) is 16.2. The van der Waals surface area contributed by atoms with Gasteiger partial charge < -0.3 is 14.2 Å². The van der Waals surface area contributed by atoms with Crippen LogP contribution in [0.5, 0.6) is 23.3 Å². The van der Waals surface area contributed by atoms with Crippen LogP contribution in [0.4, 0.5) is 5.69 Å². The van der Waals surface area contributed by atoms with Crippen molar-refractivity contribution >= 4 is 22.4 Å². The van der Waals surface area contributed by atoms with E-state index in [2.05, 4.69) is 14.7 Å². The quantitative estimate of drug-likeness (QED) is 0.247. The number of methoxy groups -OCH3 is 1. The summed E-state index contributed by atoms with van der Waals surface area (Å²) in [4.78, 5) is 30.5. The molecule has 0 amide bonds. The summed E-state index contributed by atoms with van der Waals surface area (Å²) < 4.78 is 16.0. The van der Waals surface area contributed by atoms with E-state index >= 15 is 0 Å². The molecule has 0 bridgehead atoms. The van der Waals surface area contributed by atoms with E-state index in [0.29, 0.717) is 11.3 Å². The molecule has 31 heavy (non-hydrogen) atoms. The molecule has 0 atom stereocenters. The summed E-state index contributed by atoms with van der Waals surface area (Å²) in [6, 6.07) is 18.8. The highest BCUT2D eigenvalue weighted by atomic mass is 16.6. The van der Waals surface area contributed by atoms with Crippen molar-refractivity contribution in [3.63, 3.8) is 0 Å². The lowest BCUT2D eigenvalue weighted by molar-refractivity contribution is -0.387. The minimum atomic E-state index is -0.668. The number of hydrogen-bond acceptors (Lipinski definition) is 8. The number of carbonyl (C=O) groups excluding carboxylic acids is 1. The third-order valence-corrected chi connectivity index (χ3v) is 4.38. The number of rotatable bonds is 6. The van der Waals surface area contributed by atoms with Gasteiger partial charge in [0.1, 0.15) is 17.8 Å². The first-order valence-electron chi connectivity index (χ1n) is 9.08. The van der Waals surface area contributed by atoms with Crippen molar-refractivity contribution in [1.82, 2.24) is 9.97 Å². The third kappa shape index (κ3) is 4.10. The molecule has 1 heterocycles. The van der Waals surface area contributed by atoms with E-state index in [1.165, 1.54) is 31.4 Å². The van der Waals surface area contributed by atoms with Crippen LogP contribution in [0.3, 0.4) is 0 Å². The zero-order valence-electron chi connectivity index (χ0n) is 16.2. The second-order valence-corrected chi connectivity index (χ2v) is 6.29. The Hall–Kier alpha value is -4.53. The predicted molar refractivity (Wildman–Crippen MR) is 111 cm³/mol. The van der Waals surface area contributed by atoms with Gasteiger partial charge in [-0.15, -0.1) is 0 Å². The summed E-state index contributed by atoms with van der Waals surface area (Å²) in [5.74, 6) is -0.400. The molecule has 9 nitrogen and oxygen atoms in total. The molecule has 0 saturated heterocycles. The normalized spacial score (nSPS) is 10.5. The van der Waals surface area contributed by atoms with E-state index < -0.39 is 16.6 Å². The topological polar surface area (TPSA) is 114 Å². The number of hydrogen-bond donors (Lipinski definition) is 0. The number of benzene rings is 3. The van der Waals surface area contributed by atoms with Crippen molar-refractivity contribution in [2.45, 2.75) is 0 Å². The lowest BCUT2D eigenvalue weighted by Crippen LogP contribution is -2.02.